The molecule has 8 nitrogen and oxygen atoms in total. The molecular formula is C7H9N5O3. The summed E-state index contributed by atoms with van der Waals surface area (Å²) in [6.07, 6.45) is 0.284. The molecule has 0 bridgehead atoms. The highest BCUT2D eigenvalue weighted by Crippen LogP contribution is 2.01. The number of aliphatic hydroxyl groups excluding tert-OH is 2. The van der Waals surface area contributed by atoms with Crippen molar-refractivity contribution in [2.75, 3.05) is 6.61 Å². The summed E-state index contributed by atoms with van der Waals surface area (Å²) in [7, 11) is 0. The van der Waals surface area contributed by atoms with Gasteiger partial charge in [0.2, 0.25) is 0 Å². The Kier molecular flexibility index (Phi) is 2.44. The van der Waals surface area contributed by atoms with Crippen molar-refractivity contribution in [3.8, 4) is 0 Å². The van der Waals surface area contributed by atoms with Gasteiger partial charge in [-0.1, -0.05) is 5.21 Å². The fraction of sp³-hybridized carbons (Fsp3) is 0.429. The van der Waals surface area contributed by atoms with Crippen LogP contribution in [0.3, 0.4) is 0 Å². The monoisotopic (exact) mass is 211 g/mol. The summed E-state index contributed by atoms with van der Waals surface area (Å²) in [4.78, 5) is 17.5. The molecule has 0 amide bonds. The van der Waals surface area contributed by atoms with Crippen LogP contribution in [0.4, 0.5) is 0 Å². The predicted octanol–water partition coefficient (Wildman–Crippen LogP) is -2.13. The van der Waals surface area contributed by atoms with E-state index in [-0.39, 0.29) is 29.9 Å². The molecule has 3 N–H and O–H groups in total. The summed E-state index contributed by atoms with van der Waals surface area (Å²) in [5, 5.41) is 25.1. The molecule has 0 fully saturated rings. The second kappa shape index (κ2) is 3.75. The largest absolute Gasteiger partial charge is 0.394 e. The fourth-order valence-corrected chi connectivity index (χ4v) is 1.18. The Hall–Kier alpha value is -1.80. The maximum absolute atomic E-state index is 11.2. The van der Waals surface area contributed by atoms with Crippen LogP contribution in [0.25, 0.3) is 11.2 Å². The highest BCUT2D eigenvalue weighted by Gasteiger charge is 2.11. The molecule has 0 aliphatic rings. The molecule has 80 valence electrons. The van der Waals surface area contributed by atoms with Gasteiger partial charge in [0.1, 0.15) is 0 Å². The zero-order valence-corrected chi connectivity index (χ0v) is 7.66. The highest BCUT2D eigenvalue weighted by molar-refractivity contribution is 5.67. The van der Waals surface area contributed by atoms with Gasteiger partial charge < -0.3 is 15.2 Å². The van der Waals surface area contributed by atoms with Crippen molar-refractivity contribution in [3.63, 3.8) is 0 Å². The first-order valence-electron chi connectivity index (χ1n) is 4.28. The number of aliphatic hydroxyl groups is 2. The Morgan fingerprint density at radius 2 is 2.40 bits per heavy atom. The zero-order valence-electron chi connectivity index (χ0n) is 7.66. The molecule has 0 aromatic carbocycles. The van der Waals surface area contributed by atoms with Crippen LogP contribution in [-0.2, 0) is 6.54 Å². The molecule has 1 atom stereocenters. The van der Waals surface area contributed by atoms with Gasteiger partial charge in [-0.2, -0.15) is 0 Å². The van der Waals surface area contributed by atoms with Gasteiger partial charge in [-0.05, 0) is 0 Å². The second-order valence-corrected chi connectivity index (χ2v) is 3.01. The van der Waals surface area contributed by atoms with Gasteiger partial charge >= 0.3 is 0 Å². The molecule has 2 aromatic rings. The van der Waals surface area contributed by atoms with Gasteiger partial charge in [-0.25, -0.2) is 9.67 Å². The molecule has 2 heterocycles. The number of H-pyrrole nitrogens is 1. The Morgan fingerprint density at radius 1 is 1.60 bits per heavy atom. The van der Waals surface area contributed by atoms with Crippen LogP contribution < -0.4 is 5.56 Å². The Balaban J connectivity index is 2.45. The molecule has 0 aliphatic heterocycles. The van der Waals surface area contributed by atoms with E-state index >= 15 is 0 Å². The number of aromatic amines is 1. The number of nitrogens with zero attached hydrogens (tertiary/aromatic N) is 4. The predicted molar refractivity (Wildman–Crippen MR) is 49.0 cm³/mol. The number of nitrogens with one attached hydrogen (secondary N) is 1. The number of fused-ring (bicyclic) bond motifs is 1. The van der Waals surface area contributed by atoms with E-state index in [9.17, 15) is 9.90 Å². The average molecular weight is 211 g/mol. The third-order valence-electron chi connectivity index (χ3n) is 1.90. The van der Waals surface area contributed by atoms with Crippen LogP contribution in [-0.4, -0.2) is 47.9 Å². The molecule has 0 saturated carbocycles. The van der Waals surface area contributed by atoms with Crippen molar-refractivity contribution in [2.24, 2.45) is 0 Å². The summed E-state index contributed by atoms with van der Waals surface area (Å²) in [5.74, 6) is 0. The van der Waals surface area contributed by atoms with Crippen molar-refractivity contribution >= 4 is 11.2 Å². The summed E-state index contributed by atoms with van der Waals surface area (Å²) < 4.78 is 1.27. The summed E-state index contributed by atoms with van der Waals surface area (Å²) in [5.41, 5.74) is 0.0126. The number of aromatic nitrogens is 5. The van der Waals surface area contributed by atoms with Crippen molar-refractivity contribution < 1.29 is 10.2 Å². The lowest BCUT2D eigenvalue weighted by molar-refractivity contribution is 0.0787. The molecule has 0 aliphatic carbocycles. The zero-order chi connectivity index (χ0) is 10.8. The smallest absolute Gasteiger partial charge is 0.280 e. The van der Waals surface area contributed by atoms with E-state index in [1.54, 1.807) is 0 Å². The third-order valence-corrected chi connectivity index (χ3v) is 1.90. The quantitative estimate of drug-likeness (QED) is 0.533. The van der Waals surface area contributed by atoms with E-state index in [4.69, 9.17) is 5.11 Å². The molecule has 8 heteroatoms. The molecule has 2 aromatic heterocycles. The van der Waals surface area contributed by atoms with Crippen molar-refractivity contribution in [1.82, 2.24) is 25.0 Å². The van der Waals surface area contributed by atoms with Gasteiger partial charge in [0.05, 0.1) is 25.6 Å². The first kappa shape index (κ1) is 9.74. The van der Waals surface area contributed by atoms with Gasteiger partial charge in [0.25, 0.3) is 5.56 Å². The molecule has 0 radical (unpaired) electrons. The van der Waals surface area contributed by atoms with Crippen LogP contribution in [0.2, 0.25) is 0 Å². The lowest BCUT2D eigenvalue weighted by atomic mass is 10.4. The molecule has 2 rings (SSSR count). The minimum atomic E-state index is -0.948. The van der Waals surface area contributed by atoms with Crippen LogP contribution in [0.1, 0.15) is 0 Å². The van der Waals surface area contributed by atoms with Gasteiger partial charge in [0, 0.05) is 0 Å². The van der Waals surface area contributed by atoms with E-state index in [0.29, 0.717) is 0 Å². The Labute approximate surface area is 83.2 Å². The average Bonchev–Trinajstić information content (AvgIpc) is 2.63. The SMILES string of the molecule is O=c1[nH]cnc2c1nnn2C[C@H](O)CO. The first-order chi connectivity index (χ1) is 7.22. The van der Waals surface area contributed by atoms with Crippen LogP contribution in [0.5, 0.6) is 0 Å². The molecular weight excluding hydrogens is 202 g/mol. The summed E-state index contributed by atoms with van der Waals surface area (Å²) >= 11 is 0. The highest BCUT2D eigenvalue weighted by atomic mass is 16.3. The van der Waals surface area contributed by atoms with Crippen LogP contribution in [0, 0.1) is 0 Å². The fourth-order valence-electron chi connectivity index (χ4n) is 1.18. The second-order valence-electron chi connectivity index (χ2n) is 3.01. The van der Waals surface area contributed by atoms with Crippen LogP contribution >= 0.6 is 0 Å². The molecule has 0 spiro atoms. The van der Waals surface area contributed by atoms with E-state index < -0.39 is 6.10 Å². The standard InChI is InChI=1S/C7H9N5O3/c13-2-4(14)1-12-6-5(10-11-12)7(15)9-3-8-6/h3-4,13-14H,1-2H2,(H,8,9,15)/t4-/m0/s1. The topological polar surface area (TPSA) is 117 Å². The van der Waals surface area contributed by atoms with E-state index in [0.717, 1.165) is 0 Å². The summed E-state index contributed by atoms with van der Waals surface area (Å²) in [6, 6.07) is 0. The van der Waals surface area contributed by atoms with Crippen molar-refractivity contribution in [3.05, 3.63) is 16.7 Å². The van der Waals surface area contributed by atoms with Crippen LogP contribution in [0.15, 0.2) is 11.1 Å². The maximum atomic E-state index is 11.2. The minimum absolute atomic E-state index is 0.0451. The number of hydrogen-bond acceptors (Lipinski definition) is 6. The number of hydrogen-bond donors (Lipinski definition) is 3. The first-order valence-corrected chi connectivity index (χ1v) is 4.28. The van der Waals surface area contributed by atoms with Crippen molar-refractivity contribution in [2.45, 2.75) is 12.6 Å². The van der Waals surface area contributed by atoms with Gasteiger partial charge in [-0.15, -0.1) is 5.10 Å². The number of rotatable bonds is 3. The third kappa shape index (κ3) is 1.72. The molecule has 0 unspecified atom stereocenters. The maximum Gasteiger partial charge on any atom is 0.280 e. The van der Waals surface area contributed by atoms with E-state index in [2.05, 4.69) is 20.3 Å². The summed E-state index contributed by atoms with van der Waals surface area (Å²) in [6.45, 7) is -0.339. The normalized spacial score (nSPS) is 13.2. The van der Waals surface area contributed by atoms with Crippen molar-refractivity contribution in [1.29, 1.82) is 0 Å². The van der Waals surface area contributed by atoms with Gasteiger partial charge in [0.15, 0.2) is 11.2 Å². The lowest BCUT2D eigenvalue weighted by Gasteiger charge is -2.05. The van der Waals surface area contributed by atoms with Gasteiger partial charge in [-0.3, -0.25) is 4.79 Å². The Morgan fingerprint density at radius 3 is 3.13 bits per heavy atom. The van der Waals surface area contributed by atoms with E-state index in [1.165, 1.54) is 11.0 Å². The molecule has 15 heavy (non-hydrogen) atoms. The Bertz CT molecular complexity index is 519. The lowest BCUT2D eigenvalue weighted by Crippen LogP contribution is -2.21. The molecule has 0 saturated heterocycles. The van der Waals surface area contributed by atoms with E-state index in [1.807, 2.05) is 0 Å². The minimum Gasteiger partial charge on any atom is -0.394 e.